The van der Waals surface area contributed by atoms with Crippen molar-refractivity contribution in [2.24, 2.45) is 0 Å². The Morgan fingerprint density at radius 1 is 1.48 bits per heavy atom. The highest BCUT2D eigenvalue weighted by atomic mass is 16.5. The van der Waals surface area contributed by atoms with Crippen molar-refractivity contribution in [1.29, 1.82) is 0 Å². The minimum atomic E-state index is -0.130. The highest BCUT2D eigenvalue weighted by Gasteiger charge is 2.27. The van der Waals surface area contributed by atoms with Crippen LogP contribution in [-0.4, -0.2) is 40.1 Å². The number of hydrogen-bond acceptors (Lipinski definition) is 5. The van der Waals surface area contributed by atoms with Gasteiger partial charge in [-0.1, -0.05) is 24.9 Å². The van der Waals surface area contributed by atoms with Gasteiger partial charge in [0.15, 0.2) is 0 Å². The van der Waals surface area contributed by atoms with Crippen LogP contribution in [0, 0.1) is 0 Å². The van der Waals surface area contributed by atoms with Crippen molar-refractivity contribution in [3.8, 4) is 0 Å². The summed E-state index contributed by atoms with van der Waals surface area (Å²) in [6, 6.07) is 0.243. The van der Waals surface area contributed by atoms with E-state index in [0.29, 0.717) is 5.89 Å². The summed E-state index contributed by atoms with van der Waals surface area (Å²) in [4.78, 5) is 18.6. The van der Waals surface area contributed by atoms with Gasteiger partial charge >= 0.3 is 0 Å². The summed E-state index contributed by atoms with van der Waals surface area (Å²) in [5.41, 5.74) is 0. The van der Waals surface area contributed by atoms with Crippen molar-refractivity contribution in [1.82, 2.24) is 20.4 Å². The second-order valence-corrected chi connectivity index (χ2v) is 5.90. The molecule has 0 saturated carbocycles. The second-order valence-electron chi connectivity index (χ2n) is 5.90. The summed E-state index contributed by atoms with van der Waals surface area (Å²) in [5.74, 6) is 0.589. The summed E-state index contributed by atoms with van der Waals surface area (Å²) in [6.07, 6.45) is 5.36. The van der Waals surface area contributed by atoms with Gasteiger partial charge in [-0.15, -0.1) is 0 Å². The van der Waals surface area contributed by atoms with Crippen LogP contribution in [0.1, 0.15) is 75.4 Å². The van der Waals surface area contributed by atoms with E-state index >= 15 is 0 Å². The van der Waals surface area contributed by atoms with Crippen LogP contribution in [0.5, 0.6) is 0 Å². The number of rotatable bonds is 7. The van der Waals surface area contributed by atoms with Crippen molar-refractivity contribution < 1.29 is 9.32 Å². The first-order valence-electron chi connectivity index (χ1n) is 8.01. The molecule has 0 bridgehead atoms. The van der Waals surface area contributed by atoms with E-state index in [4.69, 9.17) is 4.52 Å². The highest BCUT2D eigenvalue weighted by Crippen LogP contribution is 2.21. The molecule has 6 nitrogen and oxygen atoms in total. The molecule has 1 unspecified atom stereocenters. The lowest BCUT2D eigenvalue weighted by atomic mass is 10.2. The standard InChI is InChI=1S/C15H26N4O2/c1-4-5-6-10-19(11(2)3)15(20)13-17-14(21-18-13)12-8-7-9-16-12/h11-12,16H,4-10H2,1-3H3. The number of amides is 1. The predicted molar refractivity (Wildman–Crippen MR) is 80.0 cm³/mol. The minimum absolute atomic E-state index is 0.103. The van der Waals surface area contributed by atoms with Gasteiger partial charge in [0.2, 0.25) is 5.89 Å². The van der Waals surface area contributed by atoms with Crippen LogP contribution in [0.3, 0.4) is 0 Å². The normalized spacial score (nSPS) is 18.4. The van der Waals surface area contributed by atoms with Crippen LogP contribution in [0.2, 0.25) is 0 Å². The van der Waals surface area contributed by atoms with Gasteiger partial charge in [-0.05, 0) is 39.7 Å². The molecule has 1 aromatic rings. The fraction of sp³-hybridized carbons (Fsp3) is 0.800. The number of carbonyl (C=O) groups excluding carboxylic acids is 1. The third kappa shape index (κ3) is 4.03. The number of nitrogens with one attached hydrogen (secondary N) is 1. The molecule has 1 aliphatic heterocycles. The van der Waals surface area contributed by atoms with Gasteiger partial charge in [-0.3, -0.25) is 4.79 Å². The van der Waals surface area contributed by atoms with E-state index in [1.807, 2.05) is 18.7 Å². The number of nitrogens with zero attached hydrogens (tertiary/aromatic N) is 3. The Balaban J connectivity index is 2.02. The van der Waals surface area contributed by atoms with Crippen molar-refractivity contribution in [3.63, 3.8) is 0 Å². The van der Waals surface area contributed by atoms with Crippen molar-refractivity contribution in [2.45, 2.75) is 65.0 Å². The number of unbranched alkanes of at least 4 members (excludes halogenated alkanes) is 2. The molecule has 1 N–H and O–H groups in total. The Kier molecular flexibility index (Phi) is 5.73. The molecule has 1 amide bonds. The van der Waals surface area contributed by atoms with E-state index in [1.54, 1.807) is 0 Å². The van der Waals surface area contributed by atoms with E-state index in [2.05, 4.69) is 22.4 Å². The molecule has 1 atom stereocenters. The van der Waals surface area contributed by atoms with E-state index < -0.39 is 0 Å². The number of carbonyl (C=O) groups is 1. The van der Waals surface area contributed by atoms with E-state index in [9.17, 15) is 4.79 Å². The summed E-state index contributed by atoms with van der Waals surface area (Å²) in [7, 11) is 0. The zero-order chi connectivity index (χ0) is 15.2. The summed E-state index contributed by atoms with van der Waals surface area (Å²) >= 11 is 0. The molecule has 1 fully saturated rings. The number of aromatic nitrogens is 2. The maximum absolute atomic E-state index is 12.5. The van der Waals surface area contributed by atoms with E-state index in [-0.39, 0.29) is 23.8 Å². The zero-order valence-electron chi connectivity index (χ0n) is 13.3. The van der Waals surface area contributed by atoms with Gasteiger partial charge < -0.3 is 14.7 Å². The molecule has 2 rings (SSSR count). The molecule has 1 aromatic heterocycles. The van der Waals surface area contributed by atoms with Crippen LogP contribution in [0.15, 0.2) is 4.52 Å². The Bertz CT molecular complexity index is 452. The lowest BCUT2D eigenvalue weighted by Crippen LogP contribution is -2.38. The molecule has 2 heterocycles. The van der Waals surface area contributed by atoms with Crippen LogP contribution < -0.4 is 5.32 Å². The summed E-state index contributed by atoms with van der Waals surface area (Å²) in [5, 5.41) is 7.17. The lowest BCUT2D eigenvalue weighted by Gasteiger charge is -2.25. The molecule has 118 valence electrons. The molecule has 0 aromatic carbocycles. The summed E-state index contributed by atoms with van der Waals surface area (Å²) in [6.45, 7) is 7.90. The van der Waals surface area contributed by atoms with E-state index in [1.165, 1.54) is 0 Å². The SMILES string of the molecule is CCCCCN(C(=O)c1noc(C2CCCN2)n1)C(C)C. The average molecular weight is 294 g/mol. The van der Waals surface area contributed by atoms with Gasteiger partial charge in [-0.25, -0.2) is 0 Å². The first-order valence-corrected chi connectivity index (χ1v) is 8.01. The van der Waals surface area contributed by atoms with Crippen LogP contribution in [0.4, 0.5) is 0 Å². The van der Waals surface area contributed by atoms with Crippen molar-refractivity contribution in [3.05, 3.63) is 11.7 Å². The lowest BCUT2D eigenvalue weighted by molar-refractivity contribution is 0.0686. The molecular formula is C15H26N4O2. The molecule has 0 radical (unpaired) electrons. The highest BCUT2D eigenvalue weighted by molar-refractivity contribution is 5.90. The maximum atomic E-state index is 12.5. The fourth-order valence-corrected chi connectivity index (χ4v) is 2.61. The van der Waals surface area contributed by atoms with Gasteiger partial charge in [-0.2, -0.15) is 4.98 Å². The Hall–Kier alpha value is -1.43. The summed E-state index contributed by atoms with van der Waals surface area (Å²) < 4.78 is 5.25. The molecule has 21 heavy (non-hydrogen) atoms. The topological polar surface area (TPSA) is 71.3 Å². The molecular weight excluding hydrogens is 268 g/mol. The van der Waals surface area contributed by atoms with Gasteiger partial charge in [0.05, 0.1) is 6.04 Å². The number of hydrogen-bond donors (Lipinski definition) is 1. The molecule has 6 heteroatoms. The van der Waals surface area contributed by atoms with Crippen molar-refractivity contribution in [2.75, 3.05) is 13.1 Å². The van der Waals surface area contributed by atoms with Crippen LogP contribution >= 0.6 is 0 Å². The van der Waals surface area contributed by atoms with E-state index in [0.717, 1.165) is 45.2 Å². The largest absolute Gasteiger partial charge is 0.337 e. The Labute approximate surface area is 126 Å². The first-order chi connectivity index (χ1) is 10.1. The Morgan fingerprint density at radius 3 is 2.90 bits per heavy atom. The van der Waals surface area contributed by atoms with Gasteiger partial charge in [0.25, 0.3) is 11.7 Å². The average Bonchev–Trinajstić information content (AvgIpc) is 3.11. The molecule has 0 aliphatic carbocycles. The quantitative estimate of drug-likeness (QED) is 0.782. The predicted octanol–water partition coefficient (Wildman–Crippen LogP) is 2.53. The molecule has 1 saturated heterocycles. The van der Waals surface area contributed by atoms with Gasteiger partial charge in [0.1, 0.15) is 0 Å². The third-order valence-electron chi connectivity index (χ3n) is 3.88. The monoisotopic (exact) mass is 294 g/mol. The van der Waals surface area contributed by atoms with Crippen LogP contribution in [-0.2, 0) is 0 Å². The smallest absolute Gasteiger partial charge is 0.295 e. The first kappa shape index (κ1) is 15.9. The van der Waals surface area contributed by atoms with Crippen LogP contribution in [0.25, 0.3) is 0 Å². The molecule has 1 aliphatic rings. The molecule has 0 spiro atoms. The van der Waals surface area contributed by atoms with Gasteiger partial charge in [0, 0.05) is 12.6 Å². The maximum Gasteiger partial charge on any atom is 0.295 e. The third-order valence-corrected chi connectivity index (χ3v) is 3.88. The Morgan fingerprint density at radius 2 is 2.29 bits per heavy atom. The minimum Gasteiger partial charge on any atom is -0.337 e. The fourth-order valence-electron chi connectivity index (χ4n) is 2.61. The second kappa shape index (κ2) is 7.54. The van der Waals surface area contributed by atoms with Crippen molar-refractivity contribution >= 4 is 5.91 Å². The zero-order valence-corrected chi connectivity index (χ0v) is 13.3.